The monoisotopic (exact) mass is 205 g/mol. The van der Waals surface area contributed by atoms with Crippen molar-refractivity contribution in [2.45, 2.75) is 57.4 Å². The van der Waals surface area contributed by atoms with Crippen LogP contribution in [0.2, 0.25) is 0 Å². The summed E-state index contributed by atoms with van der Waals surface area (Å²) in [6.07, 6.45) is 2.94. The first-order valence-corrected chi connectivity index (χ1v) is 6.67. The van der Waals surface area contributed by atoms with Crippen molar-refractivity contribution in [2.24, 2.45) is 17.2 Å². The molecule has 0 spiro atoms. The van der Waals surface area contributed by atoms with E-state index in [0.717, 1.165) is 19.3 Å². The number of nitrogens with two attached hydrogens (primary N) is 3. The first-order valence-electron chi connectivity index (χ1n) is 5.12. The van der Waals surface area contributed by atoms with Crippen molar-refractivity contribution >= 4 is 7.92 Å². The van der Waals surface area contributed by atoms with Crippen molar-refractivity contribution < 1.29 is 0 Å². The first kappa shape index (κ1) is 13.3. The van der Waals surface area contributed by atoms with Crippen molar-refractivity contribution in [3.05, 3.63) is 0 Å². The van der Waals surface area contributed by atoms with Gasteiger partial charge in [0.1, 0.15) is 0 Å². The van der Waals surface area contributed by atoms with Gasteiger partial charge in [0, 0.05) is 17.3 Å². The lowest BCUT2D eigenvalue weighted by atomic mass is 10.5. The molecule has 3 unspecified atom stereocenters. The van der Waals surface area contributed by atoms with Crippen LogP contribution in [0.5, 0.6) is 0 Å². The topological polar surface area (TPSA) is 78.1 Å². The van der Waals surface area contributed by atoms with Crippen LogP contribution in [-0.2, 0) is 0 Å². The molecule has 0 aromatic rings. The molecule has 3 atom stereocenters. The predicted octanol–water partition coefficient (Wildman–Crippen LogP) is 1.55. The number of rotatable bonds is 6. The van der Waals surface area contributed by atoms with E-state index < -0.39 is 7.92 Å². The highest BCUT2D eigenvalue weighted by molar-refractivity contribution is 7.59. The molecule has 0 aromatic heterocycles. The third-order valence-corrected chi connectivity index (χ3v) is 5.80. The Morgan fingerprint density at radius 2 is 1.00 bits per heavy atom. The summed E-state index contributed by atoms with van der Waals surface area (Å²) >= 11 is 0. The van der Waals surface area contributed by atoms with Gasteiger partial charge in [-0.1, -0.05) is 28.7 Å². The molecule has 0 aliphatic heterocycles. The molecule has 0 rings (SSSR count). The van der Waals surface area contributed by atoms with E-state index in [9.17, 15) is 0 Å². The van der Waals surface area contributed by atoms with Gasteiger partial charge in [-0.25, -0.2) is 0 Å². The molecule has 0 fully saturated rings. The molecule has 3 nitrogen and oxygen atoms in total. The van der Waals surface area contributed by atoms with Gasteiger partial charge in [-0.05, 0) is 19.3 Å². The molecule has 80 valence electrons. The zero-order chi connectivity index (χ0) is 10.4. The van der Waals surface area contributed by atoms with Crippen molar-refractivity contribution in [3.8, 4) is 0 Å². The van der Waals surface area contributed by atoms with Gasteiger partial charge in [0.05, 0.1) is 0 Å². The lowest BCUT2D eigenvalue weighted by Gasteiger charge is -2.33. The lowest BCUT2D eigenvalue weighted by Crippen LogP contribution is -2.36. The van der Waals surface area contributed by atoms with E-state index in [4.69, 9.17) is 17.2 Å². The molecule has 13 heavy (non-hydrogen) atoms. The minimum Gasteiger partial charge on any atom is -0.324 e. The van der Waals surface area contributed by atoms with Gasteiger partial charge in [0.15, 0.2) is 0 Å². The Balaban J connectivity index is 4.34. The molecule has 0 radical (unpaired) electrons. The summed E-state index contributed by atoms with van der Waals surface area (Å²) in [6, 6.07) is 0. The van der Waals surface area contributed by atoms with E-state index in [1.54, 1.807) is 0 Å². The van der Waals surface area contributed by atoms with Gasteiger partial charge in [0.25, 0.3) is 0 Å². The smallest absolute Gasteiger partial charge is 0.0269 e. The van der Waals surface area contributed by atoms with Gasteiger partial charge in [-0.3, -0.25) is 0 Å². The van der Waals surface area contributed by atoms with Crippen LogP contribution in [0.15, 0.2) is 0 Å². The SMILES string of the molecule is CCC(N)P(C(N)CC)C(N)CC. The maximum Gasteiger partial charge on any atom is 0.0269 e. The fourth-order valence-corrected chi connectivity index (χ4v) is 4.11. The van der Waals surface area contributed by atoms with E-state index in [-0.39, 0.29) is 17.3 Å². The van der Waals surface area contributed by atoms with Gasteiger partial charge >= 0.3 is 0 Å². The summed E-state index contributed by atoms with van der Waals surface area (Å²) in [4.78, 5) is 0. The Hall–Kier alpha value is 0.310. The summed E-state index contributed by atoms with van der Waals surface area (Å²) in [5, 5.41) is 0. The quantitative estimate of drug-likeness (QED) is 0.576. The molecule has 0 aromatic carbocycles. The van der Waals surface area contributed by atoms with Crippen LogP contribution in [-0.4, -0.2) is 17.3 Å². The van der Waals surface area contributed by atoms with Crippen LogP contribution in [0.25, 0.3) is 0 Å². The van der Waals surface area contributed by atoms with Crippen LogP contribution >= 0.6 is 7.92 Å². The van der Waals surface area contributed by atoms with Crippen molar-refractivity contribution in [1.82, 2.24) is 0 Å². The van der Waals surface area contributed by atoms with Gasteiger partial charge in [-0.15, -0.1) is 0 Å². The van der Waals surface area contributed by atoms with Crippen molar-refractivity contribution in [3.63, 3.8) is 0 Å². The van der Waals surface area contributed by atoms with E-state index >= 15 is 0 Å². The molecule has 6 N–H and O–H groups in total. The number of hydrogen-bond acceptors (Lipinski definition) is 3. The van der Waals surface area contributed by atoms with Gasteiger partial charge in [-0.2, -0.15) is 0 Å². The predicted molar refractivity (Wildman–Crippen MR) is 61.7 cm³/mol. The first-order chi connectivity index (χ1) is 6.08. The molecule has 0 saturated carbocycles. The zero-order valence-corrected chi connectivity index (χ0v) is 9.93. The molecule has 0 heterocycles. The van der Waals surface area contributed by atoms with E-state index in [2.05, 4.69) is 20.8 Å². The van der Waals surface area contributed by atoms with Gasteiger partial charge < -0.3 is 17.2 Å². The van der Waals surface area contributed by atoms with Crippen LogP contribution < -0.4 is 17.2 Å². The minimum absolute atomic E-state index is 0.208. The normalized spacial score (nSPS) is 20.8. The number of hydrogen-bond donors (Lipinski definition) is 3. The van der Waals surface area contributed by atoms with Crippen LogP contribution in [0.3, 0.4) is 0 Å². The maximum absolute atomic E-state index is 6.04. The van der Waals surface area contributed by atoms with Crippen molar-refractivity contribution in [1.29, 1.82) is 0 Å². The summed E-state index contributed by atoms with van der Waals surface area (Å²) in [5.41, 5.74) is 18.1. The third-order valence-electron chi connectivity index (χ3n) is 2.40. The largest absolute Gasteiger partial charge is 0.324 e. The molecular weight excluding hydrogens is 181 g/mol. The minimum atomic E-state index is -0.411. The average molecular weight is 205 g/mol. The molecule has 0 saturated heterocycles. The third kappa shape index (κ3) is 3.90. The lowest BCUT2D eigenvalue weighted by molar-refractivity contribution is 0.746. The fourth-order valence-electron chi connectivity index (χ4n) is 1.37. The second-order valence-corrected chi connectivity index (χ2v) is 6.26. The Kier molecular flexibility index (Phi) is 6.88. The Labute approximate surface area is 83.2 Å². The van der Waals surface area contributed by atoms with E-state index in [1.807, 2.05) is 0 Å². The molecular formula is C9H24N3P. The molecule has 0 aliphatic rings. The average Bonchev–Trinajstić information content (AvgIpc) is 2.16. The Morgan fingerprint density at radius 1 is 0.769 bits per heavy atom. The molecule has 4 heteroatoms. The standard InChI is InChI=1S/C9H24N3P/c1-4-7(10)13(8(11)5-2)9(12)6-3/h7-9H,4-6,10-12H2,1-3H3. The van der Waals surface area contributed by atoms with E-state index in [1.165, 1.54) is 0 Å². The Bertz CT molecular complexity index is 108. The summed E-state index contributed by atoms with van der Waals surface area (Å²) in [7, 11) is -0.411. The van der Waals surface area contributed by atoms with Crippen LogP contribution in [0.4, 0.5) is 0 Å². The van der Waals surface area contributed by atoms with Gasteiger partial charge in [0.2, 0.25) is 0 Å². The highest BCUT2D eigenvalue weighted by Crippen LogP contribution is 2.48. The second-order valence-electron chi connectivity index (χ2n) is 3.37. The fraction of sp³-hybridized carbons (Fsp3) is 1.00. The summed E-state index contributed by atoms with van der Waals surface area (Å²) in [5.74, 6) is 0.625. The molecule has 0 aliphatic carbocycles. The summed E-state index contributed by atoms with van der Waals surface area (Å²) < 4.78 is 0. The molecule has 0 amide bonds. The van der Waals surface area contributed by atoms with Crippen molar-refractivity contribution in [2.75, 3.05) is 0 Å². The van der Waals surface area contributed by atoms with Crippen LogP contribution in [0, 0.1) is 0 Å². The van der Waals surface area contributed by atoms with Crippen LogP contribution in [0.1, 0.15) is 40.0 Å². The molecule has 0 bridgehead atoms. The maximum atomic E-state index is 6.04. The Morgan fingerprint density at radius 3 is 1.15 bits per heavy atom. The van der Waals surface area contributed by atoms with E-state index in [0.29, 0.717) is 0 Å². The zero-order valence-electron chi connectivity index (χ0n) is 9.03. The highest BCUT2D eigenvalue weighted by atomic mass is 31.1. The second kappa shape index (κ2) is 6.72. The summed E-state index contributed by atoms with van der Waals surface area (Å²) in [6.45, 7) is 6.31. The highest BCUT2D eigenvalue weighted by Gasteiger charge is 2.26.